The fourth-order valence-electron chi connectivity index (χ4n) is 2.37. The Kier molecular flexibility index (Phi) is 5.60. The Hall–Kier alpha value is -3.07. The number of carbonyl (C=O) groups excluding carboxylic acids is 1. The molecular formula is C17H13ClF2N4O3. The van der Waals surface area contributed by atoms with Gasteiger partial charge in [0, 0.05) is 16.8 Å². The smallest absolute Gasteiger partial charge is 0.388 e. The van der Waals surface area contributed by atoms with Gasteiger partial charge in [-0.2, -0.15) is 8.78 Å². The topological polar surface area (TPSA) is 79.1 Å². The van der Waals surface area contributed by atoms with Crippen LogP contribution in [0.4, 0.5) is 8.78 Å². The predicted octanol–water partition coefficient (Wildman–Crippen LogP) is 3.43. The molecule has 0 N–H and O–H groups in total. The second-order valence-electron chi connectivity index (χ2n) is 5.34. The average molecular weight is 395 g/mol. The molecule has 2 heterocycles. The summed E-state index contributed by atoms with van der Waals surface area (Å²) >= 11 is 5.99. The molecule has 0 aliphatic carbocycles. The number of hydrogen-bond donors (Lipinski definition) is 0. The van der Waals surface area contributed by atoms with E-state index in [2.05, 4.69) is 24.5 Å². The van der Waals surface area contributed by atoms with E-state index >= 15 is 0 Å². The summed E-state index contributed by atoms with van der Waals surface area (Å²) < 4.78 is 35.9. The van der Waals surface area contributed by atoms with Crippen LogP contribution in [0.1, 0.15) is 16.2 Å². The van der Waals surface area contributed by atoms with Crippen LogP contribution in [-0.4, -0.2) is 39.4 Å². The van der Waals surface area contributed by atoms with Gasteiger partial charge in [0.15, 0.2) is 0 Å². The number of rotatable bonds is 6. The van der Waals surface area contributed by atoms with Crippen LogP contribution in [0.25, 0.3) is 11.1 Å². The van der Waals surface area contributed by atoms with E-state index in [0.717, 1.165) is 0 Å². The van der Waals surface area contributed by atoms with E-state index in [4.69, 9.17) is 11.6 Å². The van der Waals surface area contributed by atoms with Crippen LogP contribution in [0.15, 0.2) is 42.9 Å². The molecule has 0 spiro atoms. The zero-order valence-electron chi connectivity index (χ0n) is 14.0. The fraction of sp³-hybridized carbons (Fsp3) is 0.176. The first-order chi connectivity index (χ1) is 13.0. The Labute approximate surface area is 157 Å². The van der Waals surface area contributed by atoms with Crippen molar-refractivity contribution in [2.75, 3.05) is 7.11 Å². The number of nitrogens with zero attached hydrogens (tertiary/aromatic N) is 4. The highest BCUT2D eigenvalue weighted by Gasteiger charge is 2.16. The third-order valence-electron chi connectivity index (χ3n) is 3.49. The molecule has 0 saturated heterocycles. The van der Waals surface area contributed by atoms with Crippen LogP contribution in [-0.2, 0) is 11.3 Å². The average Bonchev–Trinajstić information content (AvgIpc) is 3.10. The van der Waals surface area contributed by atoms with Crippen molar-refractivity contribution in [1.82, 2.24) is 19.7 Å². The lowest BCUT2D eigenvalue weighted by Gasteiger charge is -2.12. The van der Waals surface area contributed by atoms with Crippen molar-refractivity contribution in [3.8, 4) is 17.0 Å². The van der Waals surface area contributed by atoms with E-state index in [1.165, 1.54) is 24.3 Å². The van der Waals surface area contributed by atoms with Crippen LogP contribution in [0.3, 0.4) is 0 Å². The summed E-state index contributed by atoms with van der Waals surface area (Å²) in [6.45, 7) is -2.81. The lowest BCUT2D eigenvalue weighted by atomic mass is 10.1. The molecular weight excluding hydrogens is 382 g/mol. The molecule has 27 heavy (non-hydrogen) atoms. The standard InChI is InChI=1S/C17H13ClF2N4O3/c1-26-16(25)14-22-9-24(23-14)8-10-5-13(11-3-2-4-12(18)6-11)15(21-7-10)27-17(19)20/h2-7,9,17H,8H2,1H3. The van der Waals surface area contributed by atoms with Gasteiger partial charge in [-0.3, -0.25) is 0 Å². The highest BCUT2D eigenvalue weighted by molar-refractivity contribution is 6.30. The molecule has 0 saturated carbocycles. The number of halogens is 3. The Morgan fingerprint density at radius 2 is 2.11 bits per heavy atom. The first-order valence-corrected chi connectivity index (χ1v) is 8.01. The minimum Gasteiger partial charge on any atom is -0.463 e. The number of pyridine rings is 1. The highest BCUT2D eigenvalue weighted by atomic mass is 35.5. The van der Waals surface area contributed by atoms with Crippen molar-refractivity contribution < 1.29 is 23.0 Å². The van der Waals surface area contributed by atoms with Crippen LogP contribution in [0.2, 0.25) is 5.02 Å². The molecule has 0 unspecified atom stereocenters. The quantitative estimate of drug-likeness (QED) is 0.596. The number of esters is 1. The number of aromatic nitrogens is 4. The minimum absolute atomic E-state index is 0.0850. The summed E-state index contributed by atoms with van der Waals surface area (Å²) in [5, 5.41) is 4.44. The Morgan fingerprint density at radius 1 is 1.30 bits per heavy atom. The van der Waals surface area contributed by atoms with Crippen molar-refractivity contribution in [2.45, 2.75) is 13.2 Å². The Bertz CT molecular complexity index is 965. The van der Waals surface area contributed by atoms with Gasteiger partial charge in [0.05, 0.1) is 13.7 Å². The van der Waals surface area contributed by atoms with Crippen molar-refractivity contribution >= 4 is 17.6 Å². The van der Waals surface area contributed by atoms with E-state index < -0.39 is 12.6 Å². The van der Waals surface area contributed by atoms with Crippen molar-refractivity contribution in [2.24, 2.45) is 0 Å². The number of hydrogen-bond acceptors (Lipinski definition) is 6. The highest BCUT2D eigenvalue weighted by Crippen LogP contribution is 2.31. The van der Waals surface area contributed by atoms with Crippen LogP contribution in [0.5, 0.6) is 5.88 Å². The second kappa shape index (κ2) is 8.09. The van der Waals surface area contributed by atoms with Gasteiger partial charge in [-0.1, -0.05) is 23.7 Å². The molecule has 0 aliphatic rings. The second-order valence-corrected chi connectivity index (χ2v) is 5.78. The minimum atomic E-state index is -3.01. The van der Waals surface area contributed by atoms with Gasteiger partial charge in [0.1, 0.15) is 6.33 Å². The third-order valence-corrected chi connectivity index (χ3v) is 3.73. The van der Waals surface area contributed by atoms with Gasteiger partial charge >= 0.3 is 12.6 Å². The van der Waals surface area contributed by atoms with E-state index in [-0.39, 0.29) is 18.2 Å². The first kappa shape index (κ1) is 18.7. The predicted molar refractivity (Wildman–Crippen MR) is 91.8 cm³/mol. The fourth-order valence-corrected chi connectivity index (χ4v) is 2.56. The number of alkyl halides is 2. The normalized spacial score (nSPS) is 10.9. The van der Waals surface area contributed by atoms with Gasteiger partial charge in [-0.25, -0.2) is 19.4 Å². The number of carbonyl (C=O) groups is 1. The summed E-state index contributed by atoms with van der Waals surface area (Å²) in [5.41, 5.74) is 1.55. The molecule has 0 atom stereocenters. The lowest BCUT2D eigenvalue weighted by Crippen LogP contribution is -2.08. The SMILES string of the molecule is COC(=O)c1ncn(Cc2cnc(OC(F)F)c(-c3cccc(Cl)c3)c2)n1. The molecule has 140 valence electrons. The maximum atomic E-state index is 12.7. The summed E-state index contributed by atoms with van der Waals surface area (Å²) in [7, 11) is 1.23. The Morgan fingerprint density at radius 3 is 2.81 bits per heavy atom. The molecule has 0 radical (unpaired) electrons. The van der Waals surface area contributed by atoms with Gasteiger partial charge in [-0.15, -0.1) is 5.10 Å². The van der Waals surface area contributed by atoms with E-state index in [9.17, 15) is 13.6 Å². The number of benzene rings is 1. The van der Waals surface area contributed by atoms with Crippen molar-refractivity contribution in [1.29, 1.82) is 0 Å². The zero-order chi connectivity index (χ0) is 19.4. The maximum Gasteiger partial charge on any atom is 0.388 e. The molecule has 3 rings (SSSR count). The van der Waals surface area contributed by atoms with E-state index in [1.54, 1.807) is 30.3 Å². The Balaban J connectivity index is 1.94. The van der Waals surface area contributed by atoms with Gasteiger partial charge in [-0.05, 0) is 29.3 Å². The van der Waals surface area contributed by atoms with Crippen molar-refractivity contribution in [3.05, 3.63) is 59.3 Å². The molecule has 2 aromatic heterocycles. The van der Waals surface area contributed by atoms with Gasteiger partial charge in [0.25, 0.3) is 5.82 Å². The number of ether oxygens (including phenoxy) is 2. The summed E-state index contributed by atoms with van der Waals surface area (Å²) in [6, 6.07) is 8.31. The third kappa shape index (κ3) is 4.56. The molecule has 0 fully saturated rings. The molecule has 1 aromatic carbocycles. The molecule has 0 aliphatic heterocycles. The van der Waals surface area contributed by atoms with Gasteiger partial charge < -0.3 is 9.47 Å². The van der Waals surface area contributed by atoms with Crippen LogP contribution >= 0.6 is 11.6 Å². The zero-order valence-corrected chi connectivity index (χ0v) is 14.7. The maximum absolute atomic E-state index is 12.7. The summed E-state index contributed by atoms with van der Waals surface area (Å²) in [6.07, 6.45) is 2.74. The monoisotopic (exact) mass is 394 g/mol. The lowest BCUT2D eigenvalue weighted by molar-refractivity contribution is -0.0524. The molecule has 0 amide bonds. The van der Waals surface area contributed by atoms with Crippen molar-refractivity contribution in [3.63, 3.8) is 0 Å². The first-order valence-electron chi connectivity index (χ1n) is 7.63. The summed E-state index contributed by atoms with van der Waals surface area (Å²) in [4.78, 5) is 19.3. The van der Waals surface area contributed by atoms with Crippen LogP contribution < -0.4 is 4.74 Å². The molecule has 0 bridgehead atoms. The molecule has 7 nitrogen and oxygen atoms in total. The van der Waals surface area contributed by atoms with E-state index in [1.807, 2.05) is 0 Å². The molecule has 10 heteroatoms. The summed E-state index contributed by atoms with van der Waals surface area (Å²) in [5.74, 6) is -0.963. The molecule has 3 aromatic rings. The van der Waals surface area contributed by atoms with Crippen LogP contribution in [0, 0.1) is 0 Å². The largest absolute Gasteiger partial charge is 0.463 e. The van der Waals surface area contributed by atoms with E-state index in [0.29, 0.717) is 21.7 Å². The number of methoxy groups -OCH3 is 1. The van der Waals surface area contributed by atoms with Gasteiger partial charge in [0.2, 0.25) is 5.88 Å².